The van der Waals surface area contributed by atoms with E-state index in [4.69, 9.17) is 4.74 Å². The van der Waals surface area contributed by atoms with Crippen LogP contribution in [0.15, 0.2) is 54.3 Å². The molecule has 2 unspecified atom stereocenters. The third-order valence-electron chi connectivity index (χ3n) is 3.62. The monoisotopic (exact) mass is 289 g/mol. The van der Waals surface area contributed by atoms with Crippen LogP contribution in [0.2, 0.25) is 0 Å². The van der Waals surface area contributed by atoms with Crippen molar-refractivity contribution in [1.82, 2.24) is 4.67 Å². The van der Waals surface area contributed by atoms with Gasteiger partial charge in [-0.3, -0.25) is 4.67 Å². The van der Waals surface area contributed by atoms with E-state index in [-0.39, 0.29) is 0 Å². The van der Waals surface area contributed by atoms with Gasteiger partial charge in [-0.05, 0) is 30.9 Å². The van der Waals surface area contributed by atoms with Gasteiger partial charge in [0.2, 0.25) is 0 Å². The summed E-state index contributed by atoms with van der Waals surface area (Å²) in [6, 6.07) is 10.9. The summed E-state index contributed by atoms with van der Waals surface area (Å²) < 4.78 is 8.21. The van der Waals surface area contributed by atoms with E-state index in [2.05, 4.69) is 67.1 Å². The number of nitrogens with zero attached hydrogens (tertiary/aromatic N) is 1. The van der Waals surface area contributed by atoms with Crippen molar-refractivity contribution < 1.29 is 4.74 Å². The molecule has 0 radical (unpaired) electrons. The second-order valence-corrected chi connectivity index (χ2v) is 7.07. The molecule has 3 heteroatoms. The highest BCUT2D eigenvalue weighted by atomic mass is 31.1. The first kappa shape index (κ1) is 15.3. The molecule has 0 bridgehead atoms. The summed E-state index contributed by atoms with van der Waals surface area (Å²) in [5.74, 6) is 1.12. The maximum Gasteiger partial charge on any atom is 0.105 e. The highest BCUT2D eigenvalue weighted by molar-refractivity contribution is 7.64. The molecule has 1 aliphatic carbocycles. The Morgan fingerprint density at radius 3 is 2.50 bits per heavy atom. The lowest BCUT2D eigenvalue weighted by molar-refractivity contribution is 0.282. The van der Waals surface area contributed by atoms with Crippen LogP contribution in [0.25, 0.3) is 0 Å². The maximum atomic E-state index is 5.64. The third-order valence-corrected chi connectivity index (χ3v) is 6.58. The molecule has 108 valence electrons. The van der Waals surface area contributed by atoms with Crippen molar-refractivity contribution in [2.24, 2.45) is 0 Å². The first-order valence-corrected chi connectivity index (χ1v) is 8.68. The van der Waals surface area contributed by atoms with E-state index < -0.39 is 8.07 Å². The minimum atomic E-state index is -0.429. The van der Waals surface area contributed by atoms with E-state index in [0.29, 0.717) is 5.66 Å². The van der Waals surface area contributed by atoms with Crippen molar-refractivity contribution in [3.8, 4) is 0 Å². The smallest absolute Gasteiger partial charge is 0.105 e. The first-order valence-electron chi connectivity index (χ1n) is 7.31. The van der Waals surface area contributed by atoms with Crippen molar-refractivity contribution in [1.29, 1.82) is 0 Å². The Morgan fingerprint density at radius 2 is 1.90 bits per heavy atom. The summed E-state index contributed by atoms with van der Waals surface area (Å²) in [5, 5.41) is 1.42. The standard InChI is InChI=1S/C17H24NOP/c1-4-18(5-2)20(15-11-7-6-8-12-15)17-14-10-9-13-16(17)19-3/h6-8,10-14,17H,4-5,9H2,1-3H3. The van der Waals surface area contributed by atoms with Gasteiger partial charge >= 0.3 is 0 Å². The fourth-order valence-corrected chi connectivity index (χ4v) is 5.45. The van der Waals surface area contributed by atoms with Crippen LogP contribution in [-0.4, -0.2) is 30.5 Å². The lowest BCUT2D eigenvalue weighted by Crippen LogP contribution is -2.30. The van der Waals surface area contributed by atoms with Crippen LogP contribution < -0.4 is 5.30 Å². The number of benzene rings is 1. The second kappa shape index (κ2) is 7.61. The van der Waals surface area contributed by atoms with Gasteiger partial charge in [0.1, 0.15) is 5.76 Å². The highest BCUT2D eigenvalue weighted by Crippen LogP contribution is 2.48. The molecule has 0 saturated heterocycles. The Labute approximate surface area is 123 Å². The average molecular weight is 289 g/mol. The topological polar surface area (TPSA) is 12.5 Å². The number of hydrogen-bond donors (Lipinski definition) is 0. The molecular weight excluding hydrogens is 265 g/mol. The molecule has 0 N–H and O–H groups in total. The summed E-state index contributed by atoms with van der Waals surface area (Å²) in [6.07, 6.45) is 7.78. The van der Waals surface area contributed by atoms with Crippen LogP contribution in [-0.2, 0) is 4.74 Å². The van der Waals surface area contributed by atoms with Crippen molar-refractivity contribution in [2.75, 3.05) is 20.2 Å². The normalized spacial score (nSPS) is 19.8. The molecule has 2 atom stereocenters. The van der Waals surface area contributed by atoms with Crippen molar-refractivity contribution in [3.63, 3.8) is 0 Å². The third kappa shape index (κ3) is 3.31. The van der Waals surface area contributed by atoms with Gasteiger partial charge in [-0.2, -0.15) is 0 Å². The molecule has 0 spiro atoms. The van der Waals surface area contributed by atoms with Gasteiger partial charge in [0.15, 0.2) is 0 Å². The molecule has 1 aromatic rings. The van der Waals surface area contributed by atoms with Crippen LogP contribution in [0.4, 0.5) is 0 Å². The number of methoxy groups -OCH3 is 1. The van der Waals surface area contributed by atoms with Gasteiger partial charge < -0.3 is 4.74 Å². The molecular formula is C17H24NOP. The zero-order valence-corrected chi connectivity index (χ0v) is 13.5. The van der Waals surface area contributed by atoms with E-state index >= 15 is 0 Å². The van der Waals surface area contributed by atoms with Crippen LogP contribution in [0.1, 0.15) is 20.3 Å². The van der Waals surface area contributed by atoms with Crippen molar-refractivity contribution >= 4 is 13.4 Å². The predicted molar refractivity (Wildman–Crippen MR) is 88.6 cm³/mol. The molecule has 1 aliphatic rings. The molecule has 0 aliphatic heterocycles. The van der Waals surface area contributed by atoms with Gasteiger partial charge in [-0.15, -0.1) is 0 Å². The fraction of sp³-hybridized carbons (Fsp3) is 0.412. The van der Waals surface area contributed by atoms with Crippen molar-refractivity contribution in [2.45, 2.75) is 25.9 Å². The van der Waals surface area contributed by atoms with E-state index in [9.17, 15) is 0 Å². The van der Waals surface area contributed by atoms with E-state index in [1.54, 1.807) is 7.11 Å². The molecule has 2 rings (SSSR count). The van der Waals surface area contributed by atoms with E-state index in [1.165, 1.54) is 5.30 Å². The Kier molecular flexibility index (Phi) is 5.82. The first-order chi connectivity index (χ1) is 9.81. The Hall–Kier alpha value is -1.11. The molecule has 0 saturated carbocycles. The van der Waals surface area contributed by atoms with E-state index in [1.807, 2.05) is 0 Å². The van der Waals surface area contributed by atoms with Crippen LogP contribution in [0, 0.1) is 0 Å². The molecule has 0 fully saturated rings. The summed E-state index contributed by atoms with van der Waals surface area (Å²) in [4.78, 5) is 0. The minimum Gasteiger partial charge on any atom is -0.500 e. The summed E-state index contributed by atoms with van der Waals surface area (Å²) >= 11 is 0. The van der Waals surface area contributed by atoms with Crippen LogP contribution >= 0.6 is 8.07 Å². The minimum absolute atomic E-state index is 0.367. The Balaban J connectivity index is 2.38. The number of ether oxygens (including phenoxy) is 1. The van der Waals surface area contributed by atoms with Gasteiger partial charge in [0, 0.05) is 8.07 Å². The van der Waals surface area contributed by atoms with Gasteiger partial charge in [0.05, 0.1) is 12.8 Å². The lowest BCUT2D eigenvalue weighted by Gasteiger charge is -2.36. The quantitative estimate of drug-likeness (QED) is 0.581. The molecule has 1 aromatic carbocycles. The summed E-state index contributed by atoms with van der Waals surface area (Å²) in [5.41, 5.74) is 0.367. The van der Waals surface area contributed by atoms with Gasteiger partial charge in [-0.1, -0.05) is 56.3 Å². The van der Waals surface area contributed by atoms with Crippen LogP contribution in [0.3, 0.4) is 0 Å². The average Bonchev–Trinajstić information content (AvgIpc) is 2.53. The zero-order valence-electron chi connectivity index (χ0n) is 12.6. The molecule has 0 heterocycles. The second-order valence-electron chi connectivity index (χ2n) is 4.74. The fourth-order valence-electron chi connectivity index (χ4n) is 2.62. The van der Waals surface area contributed by atoms with Crippen LogP contribution in [0.5, 0.6) is 0 Å². The molecule has 0 amide bonds. The molecule has 0 aromatic heterocycles. The highest BCUT2D eigenvalue weighted by Gasteiger charge is 2.30. The largest absolute Gasteiger partial charge is 0.500 e. The molecule has 2 nitrogen and oxygen atoms in total. The summed E-state index contributed by atoms with van der Waals surface area (Å²) in [7, 11) is 1.36. The van der Waals surface area contributed by atoms with Gasteiger partial charge in [0.25, 0.3) is 0 Å². The SMILES string of the molecule is CCN(CC)P(c1ccccc1)C1C=CCC=C1OC. The Morgan fingerprint density at radius 1 is 1.20 bits per heavy atom. The van der Waals surface area contributed by atoms with Gasteiger partial charge in [-0.25, -0.2) is 0 Å². The predicted octanol–water partition coefficient (Wildman–Crippen LogP) is 3.91. The number of hydrogen-bond acceptors (Lipinski definition) is 2. The number of rotatable bonds is 6. The van der Waals surface area contributed by atoms with Crippen molar-refractivity contribution in [3.05, 3.63) is 54.3 Å². The molecule has 20 heavy (non-hydrogen) atoms. The maximum absolute atomic E-state index is 5.64. The summed E-state index contributed by atoms with van der Waals surface area (Å²) in [6.45, 7) is 6.62. The van der Waals surface area contributed by atoms with E-state index in [0.717, 1.165) is 25.3 Å². The Bertz CT molecular complexity index is 465. The zero-order chi connectivity index (χ0) is 14.4. The lowest BCUT2D eigenvalue weighted by atomic mass is 10.2. The number of allylic oxidation sites excluding steroid dienone is 3.